The number of carbonyl (C=O) groups excluding carboxylic acids is 1. The van der Waals surface area contributed by atoms with Crippen LogP contribution in [0.2, 0.25) is 5.02 Å². The normalized spacial score (nSPS) is 13.3. The number of urea groups is 1. The van der Waals surface area contributed by atoms with Crippen molar-refractivity contribution in [1.29, 1.82) is 0 Å². The van der Waals surface area contributed by atoms with Crippen molar-refractivity contribution < 1.29 is 13.9 Å². The number of ether oxygens (including phenoxy) is 1. The molecule has 7 heteroatoms. The van der Waals surface area contributed by atoms with E-state index in [1.807, 2.05) is 31.2 Å². The van der Waals surface area contributed by atoms with Crippen LogP contribution in [-0.2, 0) is 6.54 Å². The molecule has 4 rings (SSSR count). The number of hydrogen-bond donors (Lipinski definition) is 1. The van der Waals surface area contributed by atoms with E-state index in [4.69, 9.17) is 16.3 Å². The van der Waals surface area contributed by atoms with Crippen LogP contribution in [0.3, 0.4) is 0 Å². The molecular formula is C23H23ClFN3O2. The number of halogens is 2. The summed E-state index contributed by atoms with van der Waals surface area (Å²) in [6, 6.07) is 11.8. The molecule has 156 valence electrons. The molecule has 0 aliphatic heterocycles. The van der Waals surface area contributed by atoms with E-state index in [0.717, 1.165) is 29.2 Å². The van der Waals surface area contributed by atoms with Gasteiger partial charge in [-0.3, -0.25) is 0 Å². The van der Waals surface area contributed by atoms with Crippen LogP contribution < -0.4 is 10.1 Å². The average Bonchev–Trinajstić information content (AvgIpc) is 3.56. The zero-order chi connectivity index (χ0) is 21.1. The standard InChI is InChI=1S/C23H23ClFN3O2/c1-2-30-22-19-6-4-3-5-18(19)16(12-26-22)14-28(13-15-7-8-15)23(29)27-17-9-10-21(25)20(24)11-17/h3-6,9-12,15H,2,7-8,13-14H2,1H3,(H,27,29). The maximum atomic E-state index is 13.4. The topological polar surface area (TPSA) is 54.5 Å². The van der Waals surface area contributed by atoms with E-state index in [1.165, 1.54) is 18.2 Å². The summed E-state index contributed by atoms with van der Waals surface area (Å²) < 4.78 is 19.1. The second-order valence-corrected chi connectivity index (χ2v) is 7.86. The second-order valence-electron chi connectivity index (χ2n) is 7.45. The van der Waals surface area contributed by atoms with Gasteiger partial charge in [-0.2, -0.15) is 0 Å². The zero-order valence-corrected chi connectivity index (χ0v) is 17.5. The lowest BCUT2D eigenvalue weighted by Gasteiger charge is -2.24. The summed E-state index contributed by atoms with van der Waals surface area (Å²) in [5.41, 5.74) is 1.41. The number of benzene rings is 2. The lowest BCUT2D eigenvalue weighted by Crippen LogP contribution is -2.36. The van der Waals surface area contributed by atoms with Crippen LogP contribution in [0.4, 0.5) is 14.9 Å². The third-order valence-corrected chi connectivity index (χ3v) is 5.41. The highest BCUT2D eigenvalue weighted by atomic mass is 35.5. The molecule has 0 saturated heterocycles. The van der Waals surface area contributed by atoms with Gasteiger partial charge in [0.05, 0.1) is 11.6 Å². The van der Waals surface area contributed by atoms with Gasteiger partial charge in [-0.25, -0.2) is 14.2 Å². The van der Waals surface area contributed by atoms with Crippen LogP contribution in [0.15, 0.2) is 48.7 Å². The molecule has 0 spiro atoms. The van der Waals surface area contributed by atoms with Gasteiger partial charge in [0.25, 0.3) is 0 Å². The van der Waals surface area contributed by atoms with Crippen LogP contribution in [0, 0.1) is 11.7 Å². The average molecular weight is 428 g/mol. The lowest BCUT2D eigenvalue weighted by atomic mass is 10.1. The Kier molecular flexibility index (Phi) is 6.04. The third kappa shape index (κ3) is 4.65. The number of anilines is 1. The molecule has 1 saturated carbocycles. The summed E-state index contributed by atoms with van der Waals surface area (Å²) >= 11 is 5.85. The predicted molar refractivity (Wildman–Crippen MR) is 116 cm³/mol. The number of amides is 2. The van der Waals surface area contributed by atoms with E-state index in [1.54, 1.807) is 11.1 Å². The van der Waals surface area contributed by atoms with E-state index in [0.29, 0.717) is 37.2 Å². The monoisotopic (exact) mass is 427 g/mol. The Hall–Kier alpha value is -2.86. The fourth-order valence-corrected chi connectivity index (χ4v) is 3.60. The summed E-state index contributed by atoms with van der Waals surface area (Å²) in [4.78, 5) is 19.3. The smallest absolute Gasteiger partial charge is 0.322 e. The fraction of sp³-hybridized carbons (Fsp3) is 0.304. The maximum absolute atomic E-state index is 13.4. The Morgan fingerprint density at radius 2 is 2.03 bits per heavy atom. The van der Waals surface area contributed by atoms with Crippen molar-refractivity contribution in [3.8, 4) is 5.88 Å². The first kappa shape index (κ1) is 20.4. The molecule has 1 fully saturated rings. The van der Waals surface area contributed by atoms with E-state index < -0.39 is 5.82 Å². The van der Waals surface area contributed by atoms with Gasteiger partial charge in [-0.05, 0) is 60.9 Å². The van der Waals surface area contributed by atoms with E-state index in [2.05, 4.69) is 10.3 Å². The predicted octanol–water partition coefficient (Wildman–Crippen LogP) is 5.87. The molecule has 2 amide bonds. The summed E-state index contributed by atoms with van der Waals surface area (Å²) in [6.45, 7) is 3.53. The van der Waals surface area contributed by atoms with Gasteiger partial charge in [0.15, 0.2) is 0 Å². The van der Waals surface area contributed by atoms with Crippen molar-refractivity contribution in [2.24, 2.45) is 5.92 Å². The minimum Gasteiger partial charge on any atom is -0.478 e. The molecule has 1 heterocycles. The Morgan fingerprint density at radius 3 is 2.73 bits per heavy atom. The largest absolute Gasteiger partial charge is 0.478 e. The maximum Gasteiger partial charge on any atom is 0.322 e. The van der Waals surface area contributed by atoms with Crippen LogP contribution in [-0.4, -0.2) is 29.1 Å². The molecule has 1 aliphatic rings. The number of nitrogens with one attached hydrogen (secondary N) is 1. The van der Waals surface area contributed by atoms with Crippen LogP contribution in [0.1, 0.15) is 25.3 Å². The Balaban J connectivity index is 1.59. The highest BCUT2D eigenvalue weighted by Gasteiger charge is 2.27. The van der Waals surface area contributed by atoms with Crippen molar-refractivity contribution in [3.05, 3.63) is 65.1 Å². The third-order valence-electron chi connectivity index (χ3n) is 5.12. The van der Waals surface area contributed by atoms with Gasteiger partial charge in [-0.15, -0.1) is 0 Å². The van der Waals surface area contributed by atoms with Crippen molar-refractivity contribution in [1.82, 2.24) is 9.88 Å². The first-order valence-corrected chi connectivity index (χ1v) is 10.4. The van der Waals surface area contributed by atoms with Crippen LogP contribution >= 0.6 is 11.6 Å². The number of hydrogen-bond acceptors (Lipinski definition) is 3. The molecule has 0 bridgehead atoms. The molecule has 5 nitrogen and oxygen atoms in total. The fourth-order valence-electron chi connectivity index (χ4n) is 3.42. The number of fused-ring (bicyclic) bond motifs is 1. The second kappa shape index (κ2) is 8.88. The molecule has 0 radical (unpaired) electrons. The number of pyridine rings is 1. The molecule has 1 N–H and O–H groups in total. The summed E-state index contributed by atoms with van der Waals surface area (Å²) in [5.74, 6) is 0.585. The minimum atomic E-state index is -0.517. The van der Waals surface area contributed by atoms with Gasteiger partial charge < -0.3 is 15.0 Å². The molecule has 1 aromatic heterocycles. The van der Waals surface area contributed by atoms with Crippen molar-refractivity contribution in [3.63, 3.8) is 0 Å². The number of aromatic nitrogens is 1. The van der Waals surface area contributed by atoms with Crippen LogP contribution in [0.25, 0.3) is 10.8 Å². The zero-order valence-electron chi connectivity index (χ0n) is 16.7. The number of rotatable bonds is 7. The summed E-state index contributed by atoms with van der Waals surface area (Å²) in [7, 11) is 0. The summed E-state index contributed by atoms with van der Waals surface area (Å²) in [6.07, 6.45) is 4.01. The minimum absolute atomic E-state index is 0.0248. The molecular weight excluding hydrogens is 405 g/mol. The van der Waals surface area contributed by atoms with Crippen molar-refractivity contribution >= 4 is 34.1 Å². The van der Waals surface area contributed by atoms with Gasteiger partial charge in [0, 0.05) is 30.4 Å². The molecule has 3 aromatic rings. The summed E-state index contributed by atoms with van der Waals surface area (Å²) in [5, 5.41) is 4.74. The molecule has 30 heavy (non-hydrogen) atoms. The Labute approximate surface area is 179 Å². The van der Waals surface area contributed by atoms with Gasteiger partial charge >= 0.3 is 6.03 Å². The lowest BCUT2D eigenvalue weighted by molar-refractivity contribution is 0.206. The molecule has 0 atom stereocenters. The number of nitrogens with zero attached hydrogens (tertiary/aromatic N) is 2. The SMILES string of the molecule is CCOc1ncc(CN(CC2CC2)C(=O)Nc2ccc(F)c(Cl)c2)c2ccccc12. The van der Waals surface area contributed by atoms with Crippen LogP contribution in [0.5, 0.6) is 5.88 Å². The quantitative estimate of drug-likeness (QED) is 0.513. The van der Waals surface area contributed by atoms with Gasteiger partial charge in [-0.1, -0.05) is 29.8 Å². The Morgan fingerprint density at radius 1 is 1.27 bits per heavy atom. The van der Waals surface area contributed by atoms with Crippen molar-refractivity contribution in [2.75, 3.05) is 18.5 Å². The first-order chi connectivity index (χ1) is 14.5. The molecule has 2 aromatic carbocycles. The van der Waals surface area contributed by atoms with E-state index >= 15 is 0 Å². The van der Waals surface area contributed by atoms with E-state index in [9.17, 15) is 9.18 Å². The molecule has 1 aliphatic carbocycles. The number of carbonyl (C=O) groups is 1. The highest BCUT2D eigenvalue weighted by molar-refractivity contribution is 6.31. The van der Waals surface area contributed by atoms with Crippen molar-refractivity contribution in [2.45, 2.75) is 26.3 Å². The van der Waals surface area contributed by atoms with Gasteiger partial charge in [0.1, 0.15) is 5.82 Å². The Bertz CT molecular complexity index is 1070. The molecule has 0 unspecified atom stereocenters. The van der Waals surface area contributed by atoms with Gasteiger partial charge in [0.2, 0.25) is 5.88 Å². The van der Waals surface area contributed by atoms with E-state index in [-0.39, 0.29) is 11.1 Å². The first-order valence-electron chi connectivity index (χ1n) is 10.1. The highest BCUT2D eigenvalue weighted by Crippen LogP contribution is 2.32.